The number of carbonyl (C=O) groups is 3. The molecule has 0 unspecified atom stereocenters. The highest BCUT2D eigenvalue weighted by Crippen LogP contribution is 2.44. The first-order valence-electron chi connectivity index (χ1n) is 10.6. The fourth-order valence-corrected chi connectivity index (χ4v) is 4.37. The van der Waals surface area contributed by atoms with E-state index in [0.717, 1.165) is 22.3 Å². The van der Waals surface area contributed by atoms with Crippen LogP contribution in [0.3, 0.4) is 0 Å². The lowest BCUT2D eigenvalue weighted by molar-refractivity contribution is -0.143. The molecular weight excluding hydrogens is 444 g/mol. The number of carbonyl (C=O) groups excluding carboxylic acids is 2. The third-order valence-corrected chi connectivity index (χ3v) is 6.15. The van der Waals surface area contributed by atoms with Gasteiger partial charge in [0.1, 0.15) is 12.6 Å². The standard InChI is InChI=1S/C24H28N2O6S/c1-31-14-21(23(28)29)25-22(27)20(11-12-33-2)26-24(30)32-13-19-17-9-5-3-7-15(17)16-8-4-6-10-18(16)19/h3-10,19-21H,11-14H2,1-2H3,(H,25,27)(H,26,30)(H,28,29)/t20-,21-/m0/s1. The number of benzene rings is 2. The quantitative estimate of drug-likeness (QED) is 0.461. The number of carboxylic acids is 1. The van der Waals surface area contributed by atoms with Crippen molar-refractivity contribution in [1.82, 2.24) is 10.6 Å². The largest absolute Gasteiger partial charge is 0.480 e. The number of thioether (sulfide) groups is 1. The zero-order valence-electron chi connectivity index (χ0n) is 18.6. The van der Waals surface area contributed by atoms with Gasteiger partial charge in [0.05, 0.1) is 6.61 Å². The van der Waals surface area contributed by atoms with Crippen LogP contribution in [0.5, 0.6) is 0 Å². The molecule has 0 bridgehead atoms. The number of carboxylic acid groups (broad SMARTS) is 1. The van der Waals surface area contributed by atoms with E-state index in [1.807, 2.05) is 42.7 Å². The number of ether oxygens (including phenoxy) is 2. The Balaban J connectivity index is 1.65. The van der Waals surface area contributed by atoms with Gasteiger partial charge in [0.2, 0.25) is 5.91 Å². The lowest BCUT2D eigenvalue weighted by atomic mass is 9.98. The molecule has 0 aromatic heterocycles. The summed E-state index contributed by atoms with van der Waals surface area (Å²) in [6.45, 7) is -0.0561. The minimum Gasteiger partial charge on any atom is -0.480 e. The molecule has 1 aliphatic carbocycles. The summed E-state index contributed by atoms with van der Waals surface area (Å²) in [6, 6.07) is 13.9. The van der Waals surface area contributed by atoms with Gasteiger partial charge in [0, 0.05) is 13.0 Å². The summed E-state index contributed by atoms with van der Waals surface area (Å²) in [4.78, 5) is 36.6. The summed E-state index contributed by atoms with van der Waals surface area (Å²) in [6.07, 6.45) is 1.49. The van der Waals surface area contributed by atoms with Crippen LogP contribution in [-0.4, -0.2) is 67.5 Å². The average Bonchev–Trinajstić information content (AvgIpc) is 3.13. The number of nitrogens with one attached hydrogen (secondary N) is 2. The van der Waals surface area contributed by atoms with Crippen LogP contribution >= 0.6 is 11.8 Å². The van der Waals surface area contributed by atoms with Crippen molar-refractivity contribution in [2.75, 3.05) is 32.3 Å². The molecular formula is C24H28N2O6S. The van der Waals surface area contributed by atoms with E-state index >= 15 is 0 Å². The first-order valence-corrected chi connectivity index (χ1v) is 12.0. The van der Waals surface area contributed by atoms with Crippen molar-refractivity contribution in [1.29, 1.82) is 0 Å². The monoisotopic (exact) mass is 472 g/mol. The molecule has 0 fully saturated rings. The Kier molecular flexibility index (Phi) is 8.73. The van der Waals surface area contributed by atoms with Crippen LogP contribution in [0.15, 0.2) is 48.5 Å². The first-order chi connectivity index (χ1) is 16.0. The molecule has 0 radical (unpaired) electrons. The van der Waals surface area contributed by atoms with Gasteiger partial charge in [-0.3, -0.25) is 4.79 Å². The van der Waals surface area contributed by atoms with Crippen LogP contribution in [0, 0.1) is 0 Å². The van der Waals surface area contributed by atoms with Crippen molar-refractivity contribution < 1.29 is 29.0 Å². The molecule has 3 rings (SSSR count). The number of aliphatic carboxylic acids is 1. The maximum atomic E-state index is 12.7. The molecule has 3 N–H and O–H groups in total. The van der Waals surface area contributed by atoms with E-state index in [0.29, 0.717) is 12.2 Å². The Morgan fingerprint density at radius 1 is 1.00 bits per heavy atom. The zero-order valence-corrected chi connectivity index (χ0v) is 19.4. The number of rotatable bonds is 11. The van der Waals surface area contributed by atoms with Crippen molar-refractivity contribution in [3.63, 3.8) is 0 Å². The lowest BCUT2D eigenvalue weighted by Gasteiger charge is -2.21. The summed E-state index contributed by atoms with van der Waals surface area (Å²) in [5.41, 5.74) is 4.42. The van der Waals surface area contributed by atoms with E-state index in [9.17, 15) is 19.5 Å². The predicted molar refractivity (Wildman–Crippen MR) is 126 cm³/mol. The molecule has 2 aromatic rings. The second-order valence-corrected chi connectivity index (χ2v) is 8.64. The third-order valence-electron chi connectivity index (χ3n) is 5.51. The second-order valence-electron chi connectivity index (χ2n) is 7.66. The van der Waals surface area contributed by atoms with Crippen LogP contribution in [0.25, 0.3) is 11.1 Å². The van der Waals surface area contributed by atoms with E-state index in [1.54, 1.807) is 0 Å². The van der Waals surface area contributed by atoms with Crippen molar-refractivity contribution in [2.24, 2.45) is 0 Å². The summed E-state index contributed by atoms with van der Waals surface area (Å²) in [5.74, 6) is -1.30. The van der Waals surface area contributed by atoms with Gasteiger partial charge in [0.25, 0.3) is 0 Å². The van der Waals surface area contributed by atoms with Gasteiger partial charge in [0.15, 0.2) is 6.04 Å². The van der Waals surface area contributed by atoms with Crippen LogP contribution in [0.2, 0.25) is 0 Å². The van der Waals surface area contributed by atoms with Gasteiger partial charge in [-0.2, -0.15) is 11.8 Å². The lowest BCUT2D eigenvalue weighted by Crippen LogP contribution is -2.53. The summed E-state index contributed by atoms with van der Waals surface area (Å²) in [7, 11) is 1.35. The first kappa shape index (κ1) is 24.6. The Bertz CT molecular complexity index is 953. The third kappa shape index (κ3) is 6.06. The highest BCUT2D eigenvalue weighted by Gasteiger charge is 2.30. The number of methoxy groups -OCH3 is 1. The summed E-state index contributed by atoms with van der Waals surface area (Å²) < 4.78 is 10.4. The SMILES string of the molecule is COC[C@H](NC(=O)[C@H](CCSC)NC(=O)OCC1c2ccccc2-c2ccccc21)C(=O)O. The molecule has 0 saturated heterocycles. The highest BCUT2D eigenvalue weighted by molar-refractivity contribution is 7.98. The van der Waals surface area contributed by atoms with Gasteiger partial charge in [-0.1, -0.05) is 48.5 Å². The van der Waals surface area contributed by atoms with E-state index in [2.05, 4.69) is 22.8 Å². The predicted octanol–water partition coefficient (Wildman–Crippen LogP) is 2.86. The second kappa shape index (κ2) is 11.7. The van der Waals surface area contributed by atoms with E-state index in [4.69, 9.17) is 9.47 Å². The van der Waals surface area contributed by atoms with E-state index in [-0.39, 0.29) is 19.1 Å². The Hall–Kier alpha value is -3.04. The Labute approximate surface area is 197 Å². The van der Waals surface area contributed by atoms with Crippen LogP contribution in [0.1, 0.15) is 23.5 Å². The van der Waals surface area contributed by atoms with Gasteiger partial charge >= 0.3 is 12.1 Å². The molecule has 0 aliphatic heterocycles. The van der Waals surface area contributed by atoms with Crippen molar-refractivity contribution >= 4 is 29.7 Å². The zero-order chi connectivity index (χ0) is 23.8. The molecule has 2 aromatic carbocycles. The highest BCUT2D eigenvalue weighted by atomic mass is 32.2. The molecule has 9 heteroatoms. The Morgan fingerprint density at radius 2 is 1.61 bits per heavy atom. The number of amides is 2. The Morgan fingerprint density at radius 3 is 2.15 bits per heavy atom. The average molecular weight is 473 g/mol. The van der Waals surface area contributed by atoms with Gasteiger partial charge in [-0.05, 0) is 40.7 Å². The number of alkyl carbamates (subject to hydrolysis) is 1. The number of hydrogen-bond acceptors (Lipinski definition) is 6. The van der Waals surface area contributed by atoms with Crippen molar-refractivity contribution in [3.8, 4) is 11.1 Å². The summed E-state index contributed by atoms with van der Waals surface area (Å²) >= 11 is 1.52. The molecule has 33 heavy (non-hydrogen) atoms. The minimum absolute atomic E-state index is 0.0975. The van der Waals surface area contributed by atoms with Crippen molar-refractivity contribution in [2.45, 2.75) is 24.4 Å². The van der Waals surface area contributed by atoms with Crippen LogP contribution in [0.4, 0.5) is 4.79 Å². The van der Waals surface area contributed by atoms with Gasteiger partial charge in [-0.25, -0.2) is 9.59 Å². The normalized spacial score (nSPS) is 14.0. The van der Waals surface area contributed by atoms with E-state index in [1.165, 1.54) is 18.9 Å². The number of fused-ring (bicyclic) bond motifs is 3. The molecule has 1 aliphatic rings. The van der Waals surface area contributed by atoms with Crippen LogP contribution < -0.4 is 10.6 Å². The van der Waals surface area contributed by atoms with E-state index < -0.39 is 30.1 Å². The summed E-state index contributed by atoms with van der Waals surface area (Å²) in [5, 5.41) is 14.2. The number of hydrogen-bond donors (Lipinski definition) is 3. The molecule has 2 atom stereocenters. The van der Waals surface area contributed by atoms with Gasteiger partial charge < -0.3 is 25.2 Å². The maximum absolute atomic E-state index is 12.7. The molecule has 176 valence electrons. The topological polar surface area (TPSA) is 114 Å². The smallest absolute Gasteiger partial charge is 0.407 e. The molecule has 8 nitrogen and oxygen atoms in total. The fraction of sp³-hybridized carbons (Fsp3) is 0.375. The maximum Gasteiger partial charge on any atom is 0.407 e. The molecule has 2 amide bonds. The molecule has 0 heterocycles. The minimum atomic E-state index is -1.21. The van der Waals surface area contributed by atoms with Crippen LogP contribution in [-0.2, 0) is 19.1 Å². The van der Waals surface area contributed by atoms with Gasteiger partial charge in [-0.15, -0.1) is 0 Å². The fourth-order valence-electron chi connectivity index (χ4n) is 3.90. The molecule has 0 spiro atoms. The van der Waals surface area contributed by atoms with Crippen molar-refractivity contribution in [3.05, 3.63) is 59.7 Å². The molecule has 0 saturated carbocycles.